The van der Waals surface area contributed by atoms with Gasteiger partial charge in [0, 0.05) is 33.6 Å². The van der Waals surface area contributed by atoms with Crippen LogP contribution in [0.25, 0.3) is 0 Å². The van der Waals surface area contributed by atoms with E-state index in [1.165, 1.54) is 74.9 Å². The highest BCUT2D eigenvalue weighted by Crippen LogP contribution is 2.31. The van der Waals surface area contributed by atoms with Gasteiger partial charge in [-0.25, -0.2) is 4.58 Å². The summed E-state index contributed by atoms with van der Waals surface area (Å²) >= 11 is 0. The Balaban J connectivity index is 2.89. The van der Waals surface area contributed by atoms with Gasteiger partial charge in [-0.15, -0.1) is 0 Å². The van der Waals surface area contributed by atoms with Crippen LogP contribution < -0.4 is 19.7 Å². The largest absolute Gasteiger partial charge is 0.367 e. The second-order valence-electron chi connectivity index (χ2n) is 6.37. The first-order chi connectivity index (χ1) is 10.1. The summed E-state index contributed by atoms with van der Waals surface area (Å²) in [6, 6.07) is 0. The maximum atomic E-state index is 2.46. The molecule has 1 aromatic carbocycles. The molecule has 0 fully saturated rings. The van der Waals surface area contributed by atoms with Gasteiger partial charge in [0.2, 0.25) is 0 Å². The molecule has 0 bridgehead atoms. The summed E-state index contributed by atoms with van der Waals surface area (Å²) in [5.41, 5.74) is 2.97. The third-order valence-electron chi connectivity index (χ3n) is 4.30. The van der Waals surface area contributed by atoms with E-state index in [2.05, 4.69) is 56.3 Å². The van der Waals surface area contributed by atoms with E-state index in [1.54, 1.807) is 0 Å². The van der Waals surface area contributed by atoms with Crippen LogP contribution in [-0.4, -0.2) is 40.8 Å². The molecule has 0 aromatic heterocycles. The number of nitrogens with zero attached hydrogens (tertiary/aromatic N) is 3. The average Bonchev–Trinajstić information content (AvgIpc) is 3.23. The second-order valence-corrected chi connectivity index (χ2v) is 6.37. The van der Waals surface area contributed by atoms with E-state index in [0.29, 0.717) is 0 Å². The smallest absolute Gasteiger partial charge is 0.251 e. The molecule has 0 aliphatic heterocycles. The van der Waals surface area contributed by atoms with Gasteiger partial charge in [-0.3, -0.25) is 0 Å². The lowest BCUT2D eigenvalue weighted by Crippen LogP contribution is -2.26. The maximum absolute atomic E-state index is 2.46. The Hall–Kier alpha value is -0.990. The standard InChI is InChI=1S/C18H36N3/c1-7-10-13-19(4)16-17(20(5)14-11-8-2)18(16)21(6)15-12-9-3/h7-15H2,1-6H3/q+1. The monoisotopic (exact) mass is 294 g/mol. The Morgan fingerprint density at radius 1 is 0.762 bits per heavy atom. The molecule has 21 heavy (non-hydrogen) atoms. The molecule has 3 heteroatoms. The minimum absolute atomic E-state index is 1.17. The Bertz CT molecular complexity index is 397. The normalized spacial score (nSPS) is 11.1. The molecule has 0 N–H and O–H groups in total. The highest BCUT2D eigenvalue weighted by atomic mass is 15.2. The molecule has 0 saturated heterocycles. The highest BCUT2D eigenvalue weighted by molar-refractivity contribution is 5.84. The zero-order chi connectivity index (χ0) is 15.8. The van der Waals surface area contributed by atoms with Crippen molar-refractivity contribution in [1.82, 2.24) is 4.58 Å². The molecule has 0 amide bonds. The maximum Gasteiger partial charge on any atom is 0.251 e. The minimum Gasteiger partial charge on any atom is -0.367 e. The number of anilines is 2. The lowest BCUT2D eigenvalue weighted by molar-refractivity contribution is 0.625. The molecule has 0 aliphatic rings. The number of hydrogen-bond donors (Lipinski definition) is 0. The topological polar surface area (TPSA) is 9.49 Å². The Morgan fingerprint density at radius 3 is 1.57 bits per heavy atom. The quantitative estimate of drug-likeness (QED) is 0.580. The first-order valence-electron chi connectivity index (χ1n) is 8.83. The molecule has 122 valence electrons. The van der Waals surface area contributed by atoms with E-state index in [9.17, 15) is 0 Å². The molecule has 0 unspecified atom stereocenters. The molecule has 3 nitrogen and oxygen atoms in total. The molecule has 1 rings (SSSR count). The summed E-state index contributed by atoms with van der Waals surface area (Å²) in [4.78, 5) is 4.91. The van der Waals surface area contributed by atoms with Crippen LogP contribution in [0.1, 0.15) is 59.3 Å². The van der Waals surface area contributed by atoms with Crippen molar-refractivity contribution >= 4 is 11.4 Å². The Kier molecular flexibility index (Phi) is 7.84. The van der Waals surface area contributed by atoms with Crippen molar-refractivity contribution < 1.29 is 0 Å². The molecule has 0 heterocycles. The van der Waals surface area contributed by atoms with Gasteiger partial charge in [-0.2, -0.15) is 0 Å². The summed E-state index contributed by atoms with van der Waals surface area (Å²) in [6.45, 7) is 10.3. The summed E-state index contributed by atoms with van der Waals surface area (Å²) in [6.07, 6.45) is 7.62. The average molecular weight is 295 g/mol. The van der Waals surface area contributed by atoms with E-state index in [0.717, 1.165) is 0 Å². The molecule has 1 aromatic rings. The SMILES string of the molecule is CCCCN(C)c1c(N(C)CCCC)c1=[N+](C)CCCC. The van der Waals surface area contributed by atoms with Crippen LogP contribution in [0.5, 0.6) is 0 Å². The van der Waals surface area contributed by atoms with Gasteiger partial charge in [0.25, 0.3) is 5.36 Å². The molecular weight excluding hydrogens is 258 g/mol. The van der Waals surface area contributed by atoms with E-state index >= 15 is 0 Å². The number of rotatable bonds is 11. The van der Waals surface area contributed by atoms with Crippen molar-refractivity contribution in [2.75, 3.05) is 50.6 Å². The predicted octanol–water partition coefficient (Wildman–Crippen LogP) is 3.24. The van der Waals surface area contributed by atoms with Gasteiger partial charge in [0.05, 0.1) is 0 Å². The molecule has 0 atom stereocenters. The van der Waals surface area contributed by atoms with Gasteiger partial charge in [0.1, 0.15) is 25.0 Å². The summed E-state index contributed by atoms with van der Waals surface area (Å²) in [5.74, 6) is 0. The van der Waals surface area contributed by atoms with Crippen molar-refractivity contribution in [2.24, 2.45) is 0 Å². The van der Waals surface area contributed by atoms with Gasteiger partial charge in [-0.1, -0.05) is 40.0 Å². The van der Waals surface area contributed by atoms with Gasteiger partial charge in [-0.05, 0) is 12.8 Å². The molecular formula is C18H36N3+. The van der Waals surface area contributed by atoms with Gasteiger partial charge < -0.3 is 9.80 Å². The number of hydrogen-bond acceptors (Lipinski definition) is 2. The third kappa shape index (κ3) is 5.05. The summed E-state index contributed by atoms with van der Waals surface area (Å²) in [7, 11) is 6.75. The highest BCUT2D eigenvalue weighted by Gasteiger charge is 2.33. The van der Waals surface area contributed by atoms with Crippen LogP contribution >= 0.6 is 0 Å². The Morgan fingerprint density at radius 2 is 1.19 bits per heavy atom. The predicted molar refractivity (Wildman–Crippen MR) is 96.1 cm³/mol. The first kappa shape index (κ1) is 18.1. The third-order valence-corrected chi connectivity index (χ3v) is 4.30. The van der Waals surface area contributed by atoms with Crippen molar-refractivity contribution in [1.29, 1.82) is 0 Å². The lowest BCUT2D eigenvalue weighted by Gasteiger charge is -2.16. The molecule has 0 radical (unpaired) electrons. The van der Waals surface area contributed by atoms with Crippen LogP contribution in [0.2, 0.25) is 0 Å². The van der Waals surface area contributed by atoms with Gasteiger partial charge in [0.15, 0.2) is 0 Å². The second kappa shape index (κ2) is 9.11. The fraction of sp³-hybridized carbons (Fsp3) is 0.833. The van der Waals surface area contributed by atoms with Crippen molar-refractivity contribution in [3.05, 3.63) is 5.36 Å². The van der Waals surface area contributed by atoms with Crippen molar-refractivity contribution in [2.45, 2.75) is 59.3 Å². The molecule has 0 saturated carbocycles. The summed E-state index contributed by atoms with van der Waals surface area (Å²) < 4.78 is 2.46. The van der Waals surface area contributed by atoms with Gasteiger partial charge >= 0.3 is 0 Å². The van der Waals surface area contributed by atoms with E-state index in [1.807, 2.05) is 0 Å². The summed E-state index contributed by atoms with van der Waals surface area (Å²) in [5, 5.41) is 1.49. The Labute approximate surface area is 131 Å². The lowest BCUT2D eigenvalue weighted by atomic mass is 10.3. The fourth-order valence-electron chi connectivity index (χ4n) is 2.76. The van der Waals surface area contributed by atoms with E-state index < -0.39 is 0 Å². The number of unbranched alkanes of at least 4 members (excludes halogenated alkanes) is 3. The van der Waals surface area contributed by atoms with E-state index in [4.69, 9.17) is 0 Å². The van der Waals surface area contributed by atoms with E-state index in [-0.39, 0.29) is 0 Å². The molecule has 0 aliphatic carbocycles. The van der Waals surface area contributed by atoms with Crippen LogP contribution in [0.3, 0.4) is 0 Å². The van der Waals surface area contributed by atoms with Crippen LogP contribution in [0.15, 0.2) is 0 Å². The first-order valence-corrected chi connectivity index (χ1v) is 8.83. The minimum atomic E-state index is 1.17. The van der Waals surface area contributed by atoms with Crippen molar-refractivity contribution in [3.8, 4) is 0 Å². The van der Waals surface area contributed by atoms with Crippen LogP contribution in [-0.2, 0) is 0 Å². The molecule has 0 spiro atoms. The fourth-order valence-corrected chi connectivity index (χ4v) is 2.76. The van der Waals surface area contributed by atoms with Crippen molar-refractivity contribution in [3.63, 3.8) is 0 Å². The zero-order valence-electron chi connectivity index (χ0n) is 15.2. The van der Waals surface area contributed by atoms with Crippen LogP contribution in [0, 0.1) is 0 Å². The van der Waals surface area contributed by atoms with Crippen LogP contribution in [0.4, 0.5) is 11.4 Å². The zero-order valence-corrected chi connectivity index (χ0v) is 15.2.